The quantitative estimate of drug-likeness (QED) is 0.595. The number of carbonyl (C=O) groups excluding carboxylic acids is 1. The zero-order chi connectivity index (χ0) is 20.3. The molecule has 0 spiro atoms. The first-order valence-corrected chi connectivity index (χ1v) is 11.0. The molecule has 0 saturated carbocycles. The van der Waals surface area contributed by atoms with E-state index < -0.39 is 16.0 Å². The summed E-state index contributed by atoms with van der Waals surface area (Å²) in [4.78, 5) is 11.5. The van der Waals surface area contributed by atoms with Gasteiger partial charge in [0.1, 0.15) is 0 Å². The van der Waals surface area contributed by atoms with Gasteiger partial charge in [0.05, 0.1) is 29.8 Å². The van der Waals surface area contributed by atoms with Crippen LogP contribution in [0, 0.1) is 13.8 Å². The summed E-state index contributed by atoms with van der Waals surface area (Å²) in [7, 11) is -2.41. The lowest BCUT2D eigenvalue weighted by atomic mass is 10.1. The summed E-state index contributed by atoms with van der Waals surface area (Å²) in [6, 6.07) is 7.66. The summed E-state index contributed by atoms with van der Waals surface area (Å²) >= 11 is 1.63. The van der Waals surface area contributed by atoms with E-state index in [0.29, 0.717) is 12.1 Å². The second-order valence-corrected chi connectivity index (χ2v) is 8.74. The molecule has 0 atom stereocenters. The highest BCUT2D eigenvalue weighted by atomic mass is 32.2. The molecule has 0 aliphatic carbocycles. The van der Waals surface area contributed by atoms with Crippen LogP contribution in [-0.2, 0) is 21.3 Å². The second kappa shape index (κ2) is 8.26. The summed E-state index contributed by atoms with van der Waals surface area (Å²) in [5.41, 5.74) is 4.42. The molecule has 3 aromatic rings. The molecule has 2 heterocycles. The Morgan fingerprint density at radius 2 is 1.93 bits per heavy atom. The Balaban J connectivity index is 1.68. The summed E-state index contributed by atoms with van der Waals surface area (Å²) in [6.07, 6.45) is 0. The third-order valence-corrected chi connectivity index (χ3v) is 6.55. The fourth-order valence-electron chi connectivity index (χ4n) is 3.00. The number of methoxy groups -OCH3 is 1. The molecule has 0 unspecified atom stereocenters. The van der Waals surface area contributed by atoms with Crippen molar-refractivity contribution in [2.75, 3.05) is 13.7 Å². The molecular weight excluding hydrogens is 398 g/mol. The molecule has 28 heavy (non-hydrogen) atoms. The molecular formula is C19H21N3O4S2. The van der Waals surface area contributed by atoms with Gasteiger partial charge in [0.2, 0.25) is 10.0 Å². The standard InChI is InChI=1S/C19H21N3O4S2/c1-13-18(16-8-11-27-12-16)14(2)22(21-13)10-9-20-28(24,25)17-6-4-15(5-7-17)19(23)26-3/h4-8,11-12,20H,9-10H2,1-3H3. The van der Waals surface area contributed by atoms with E-state index in [-0.39, 0.29) is 11.4 Å². The van der Waals surface area contributed by atoms with Crippen LogP contribution in [0.2, 0.25) is 0 Å². The van der Waals surface area contributed by atoms with Crippen molar-refractivity contribution in [2.45, 2.75) is 25.3 Å². The predicted molar refractivity (Wildman–Crippen MR) is 108 cm³/mol. The molecule has 0 amide bonds. The lowest BCUT2D eigenvalue weighted by Crippen LogP contribution is -2.28. The zero-order valence-electron chi connectivity index (χ0n) is 15.8. The number of benzene rings is 1. The van der Waals surface area contributed by atoms with Crippen molar-refractivity contribution < 1.29 is 17.9 Å². The largest absolute Gasteiger partial charge is 0.465 e. The van der Waals surface area contributed by atoms with Crippen LogP contribution in [0.25, 0.3) is 11.1 Å². The minimum atomic E-state index is -3.68. The van der Waals surface area contributed by atoms with Gasteiger partial charge in [0.25, 0.3) is 0 Å². The van der Waals surface area contributed by atoms with Crippen LogP contribution in [0.1, 0.15) is 21.7 Å². The molecule has 0 saturated heterocycles. The van der Waals surface area contributed by atoms with Crippen LogP contribution < -0.4 is 4.72 Å². The lowest BCUT2D eigenvalue weighted by Gasteiger charge is -2.09. The lowest BCUT2D eigenvalue weighted by molar-refractivity contribution is 0.0600. The average Bonchev–Trinajstić information content (AvgIpc) is 3.29. The van der Waals surface area contributed by atoms with Gasteiger partial charge < -0.3 is 4.74 Å². The SMILES string of the molecule is COC(=O)c1ccc(S(=O)(=O)NCCn2nc(C)c(-c3ccsc3)c2C)cc1. The Labute approximate surface area is 168 Å². The highest BCUT2D eigenvalue weighted by molar-refractivity contribution is 7.89. The molecule has 0 bridgehead atoms. The molecule has 9 heteroatoms. The van der Waals surface area contributed by atoms with Crippen LogP contribution in [-0.4, -0.2) is 37.8 Å². The first-order chi connectivity index (χ1) is 13.3. The number of rotatable bonds is 7. The van der Waals surface area contributed by atoms with E-state index >= 15 is 0 Å². The number of thiophene rings is 1. The average molecular weight is 420 g/mol. The van der Waals surface area contributed by atoms with Crippen molar-refractivity contribution in [1.82, 2.24) is 14.5 Å². The van der Waals surface area contributed by atoms with Crippen LogP contribution in [0.3, 0.4) is 0 Å². The number of esters is 1. The molecule has 0 aliphatic rings. The Bertz CT molecular complexity index is 1070. The Hall–Kier alpha value is -2.49. The van der Waals surface area contributed by atoms with Gasteiger partial charge in [-0.3, -0.25) is 4.68 Å². The Morgan fingerprint density at radius 1 is 1.21 bits per heavy atom. The van der Waals surface area contributed by atoms with Gasteiger partial charge in [-0.05, 0) is 60.5 Å². The van der Waals surface area contributed by atoms with Gasteiger partial charge in [0, 0.05) is 17.8 Å². The third kappa shape index (κ3) is 4.16. The maximum Gasteiger partial charge on any atom is 0.337 e. The first kappa shape index (κ1) is 20.2. The molecule has 7 nitrogen and oxygen atoms in total. The number of aromatic nitrogens is 2. The topological polar surface area (TPSA) is 90.3 Å². The minimum Gasteiger partial charge on any atom is -0.465 e. The molecule has 2 aromatic heterocycles. The maximum atomic E-state index is 12.5. The fraction of sp³-hybridized carbons (Fsp3) is 0.263. The molecule has 148 valence electrons. The predicted octanol–water partition coefficient (Wildman–Crippen LogP) is 2.99. The number of aryl methyl sites for hydroxylation is 1. The molecule has 1 aromatic carbocycles. The van der Waals surface area contributed by atoms with E-state index in [1.165, 1.54) is 31.4 Å². The van der Waals surface area contributed by atoms with E-state index in [1.54, 1.807) is 11.3 Å². The van der Waals surface area contributed by atoms with Crippen molar-refractivity contribution in [2.24, 2.45) is 0 Å². The van der Waals surface area contributed by atoms with Gasteiger partial charge in [-0.2, -0.15) is 16.4 Å². The van der Waals surface area contributed by atoms with Gasteiger partial charge in [0.15, 0.2) is 0 Å². The molecule has 1 N–H and O–H groups in total. The number of hydrogen-bond donors (Lipinski definition) is 1. The smallest absolute Gasteiger partial charge is 0.337 e. The van der Waals surface area contributed by atoms with Crippen LogP contribution >= 0.6 is 11.3 Å². The molecule has 0 radical (unpaired) electrons. The van der Waals surface area contributed by atoms with Crippen LogP contribution in [0.4, 0.5) is 0 Å². The van der Waals surface area contributed by atoms with Gasteiger partial charge in [-0.1, -0.05) is 0 Å². The number of nitrogens with zero attached hydrogens (tertiary/aromatic N) is 2. The molecule has 0 aliphatic heterocycles. The number of carbonyl (C=O) groups is 1. The van der Waals surface area contributed by atoms with Crippen molar-refractivity contribution in [3.8, 4) is 11.1 Å². The van der Waals surface area contributed by atoms with E-state index in [2.05, 4.69) is 19.9 Å². The van der Waals surface area contributed by atoms with Crippen molar-refractivity contribution in [3.63, 3.8) is 0 Å². The Kier molecular flexibility index (Phi) is 5.97. The van der Waals surface area contributed by atoms with Crippen molar-refractivity contribution in [1.29, 1.82) is 0 Å². The van der Waals surface area contributed by atoms with Gasteiger partial charge >= 0.3 is 5.97 Å². The van der Waals surface area contributed by atoms with E-state index in [9.17, 15) is 13.2 Å². The number of hydrogen-bond acceptors (Lipinski definition) is 6. The highest BCUT2D eigenvalue weighted by Gasteiger charge is 2.17. The number of nitrogens with one attached hydrogen (secondary N) is 1. The van der Waals surface area contributed by atoms with Crippen molar-refractivity contribution in [3.05, 3.63) is 58.0 Å². The molecule has 0 fully saturated rings. The highest BCUT2D eigenvalue weighted by Crippen LogP contribution is 2.28. The summed E-state index contributed by atoms with van der Waals surface area (Å²) in [6.45, 7) is 4.54. The van der Waals surface area contributed by atoms with Crippen LogP contribution in [0.15, 0.2) is 46.0 Å². The van der Waals surface area contributed by atoms with Gasteiger partial charge in [-0.15, -0.1) is 0 Å². The summed E-state index contributed by atoms with van der Waals surface area (Å²) in [5.74, 6) is -0.511. The van der Waals surface area contributed by atoms with E-state index in [4.69, 9.17) is 0 Å². The van der Waals surface area contributed by atoms with Crippen molar-refractivity contribution >= 4 is 27.3 Å². The number of sulfonamides is 1. The zero-order valence-corrected chi connectivity index (χ0v) is 17.4. The fourth-order valence-corrected chi connectivity index (χ4v) is 4.66. The monoisotopic (exact) mass is 419 g/mol. The number of ether oxygens (including phenoxy) is 1. The summed E-state index contributed by atoms with van der Waals surface area (Å²) in [5, 5.41) is 8.62. The normalized spacial score (nSPS) is 11.5. The Morgan fingerprint density at radius 3 is 2.54 bits per heavy atom. The van der Waals surface area contributed by atoms with E-state index in [0.717, 1.165) is 22.5 Å². The third-order valence-electron chi connectivity index (χ3n) is 4.39. The van der Waals surface area contributed by atoms with Crippen LogP contribution in [0.5, 0.6) is 0 Å². The summed E-state index contributed by atoms with van der Waals surface area (Å²) < 4.78 is 33.9. The second-order valence-electron chi connectivity index (χ2n) is 6.19. The minimum absolute atomic E-state index is 0.0903. The maximum absolute atomic E-state index is 12.5. The van der Waals surface area contributed by atoms with E-state index in [1.807, 2.05) is 30.0 Å². The van der Waals surface area contributed by atoms with Gasteiger partial charge in [-0.25, -0.2) is 17.9 Å². The first-order valence-electron chi connectivity index (χ1n) is 8.58. The molecule has 3 rings (SSSR count).